The molecule has 2 N–H and O–H groups in total. The van der Waals surface area contributed by atoms with Gasteiger partial charge in [0, 0.05) is 11.6 Å². The summed E-state index contributed by atoms with van der Waals surface area (Å²) in [5, 5.41) is 9.91. The van der Waals surface area contributed by atoms with Crippen LogP contribution in [0.1, 0.15) is 49.8 Å². The van der Waals surface area contributed by atoms with Gasteiger partial charge in [-0.2, -0.15) is 5.26 Å². The molecule has 4 rings (SSSR count). The van der Waals surface area contributed by atoms with Crippen LogP contribution in [-0.4, -0.2) is 25.8 Å². The van der Waals surface area contributed by atoms with E-state index in [4.69, 9.17) is 29.4 Å². The Morgan fingerprint density at radius 3 is 2.41 bits per heavy atom. The van der Waals surface area contributed by atoms with Crippen molar-refractivity contribution >= 4 is 5.97 Å². The van der Waals surface area contributed by atoms with Crippen molar-refractivity contribution in [1.82, 2.24) is 0 Å². The number of nitriles is 1. The van der Waals surface area contributed by atoms with E-state index in [1.54, 1.807) is 18.2 Å². The molecule has 8 heteroatoms. The van der Waals surface area contributed by atoms with Crippen LogP contribution in [0.2, 0.25) is 0 Å². The molecule has 0 saturated carbocycles. The number of rotatable bonds is 11. The summed E-state index contributed by atoms with van der Waals surface area (Å²) in [4.78, 5) is 12.4. The molecule has 1 unspecified atom stereocenters. The zero-order valence-corrected chi connectivity index (χ0v) is 22.4. The lowest BCUT2D eigenvalue weighted by Crippen LogP contribution is -2.22. The highest BCUT2D eigenvalue weighted by molar-refractivity contribution is 5.74. The zero-order chi connectivity index (χ0) is 27.8. The molecule has 0 aliphatic carbocycles. The molecule has 1 aliphatic rings. The molecule has 0 bridgehead atoms. The third-order valence-corrected chi connectivity index (χ3v) is 6.17. The van der Waals surface area contributed by atoms with E-state index in [9.17, 15) is 10.1 Å². The highest BCUT2D eigenvalue weighted by Crippen LogP contribution is 2.45. The molecule has 0 aromatic heterocycles. The predicted molar refractivity (Wildman–Crippen MR) is 146 cm³/mol. The van der Waals surface area contributed by atoms with Crippen LogP contribution in [0.3, 0.4) is 0 Å². The van der Waals surface area contributed by atoms with E-state index in [0.29, 0.717) is 41.8 Å². The van der Waals surface area contributed by atoms with E-state index in [2.05, 4.69) is 13.0 Å². The number of carbonyl (C=O) groups is 1. The molecule has 0 radical (unpaired) electrons. The van der Waals surface area contributed by atoms with Crippen molar-refractivity contribution in [3.8, 4) is 34.8 Å². The van der Waals surface area contributed by atoms with Gasteiger partial charge in [0.2, 0.25) is 5.88 Å². The fourth-order valence-electron chi connectivity index (χ4n) is 4.27. The normalized spacial score (nSPS) is 14.1. The van der Waals surface area contributed by atoms with Gasteiger partial charge in [-0.3, -0.25) is 0 Å². The largest absolute Gasteiger partial charge is 0.490 e. The molecule has 202 valence electrons. The molecule has 1 atom stereocenters. The maximum absolute atomic E-state index is 12.4. The van der Waals surface area contributed by atoms with E-state index in [0.717, 1.165) is 18.4 Å². The van der Waals surface area contributed by atoms with Crippen molar-refractivity contribution in [2.24, 2.45) is 5.73 Å². The van der Waals surface area contributed by atoms with Gasteiger partial charge in [0.05, 0.1) is 19.1 Å². The van der Waals surface area contributed by atoms with E-state index in [-0.39, 0.29) is 23.8 Å². The Kier molecular flexibility index (Phi) is 8.95. The van der Waals surface area contributed by atoms with Crippen LogP contribution < -0.4 is 29.4 Å². The lowest BCUT2D eigenvalue weighted by Gasteiger charge is -2.27. The van der Waals surface area contributed by atoms with Gasteiger partial charge in [-0.1, -0.05) is 38.1 Å². The maximum Gasteiger partial charge on any atom is 0.349 e. The molecular formula is C31H32N2O6. The Bertz CT molecular complexity index is 1390. The summed E-state index contributed by atoms with van der Waals surface area (Å²) in [6, 6.07) is 20.3. The summed E-state index contributed by atoms with van der Waals surface area (Å²) in [5.41, 5.74) is 9.11. The number of esters is 1. The van der Waals surface area contributed by atoms with Gasteiger partial charge < -0.3 is 29.4 Å². The first kappa shape index (κ1) is 27.4. The van der Waals surface area contributed by atoms with Crippen molar-refractivity contribution in [2.45, 2.75) is 39.5 Å². The predicted octanol–water partition coefficient (Wildman–Crippen LogP) is 5.64. The molecule has 3 aromatic carbocycles. The van der Waals surface area contributed by atoms with Crippen LogP contribution in [0.4, 0.5) is 0 Å². The Balaban J connectivity index is 1.55. The highest BCUT2D eigenvalue weighted by atomic mass is 16.6. The Morgan fingerprint density at radius 1 is 0.949 bits per heavy atom. The van der Waals surface area contributed by atoms with Gasteiger partial charge in [-0.15, -0.1) is 0 Å². The van der Waals surface area contributed by atoms with Gasteiger partial charge in [-0.05, 0) is 61.2 Å². The number of ether oxygens (including phenoxy) is 5. The zero-order valence-electron chi connectivity index (χ0n) is 22.4. The van der Waals surface area contributed by atoms with Crippen LogP contribution >= 0.6 is 0 Å². The number of hydrogen-bond acceptors (Lipinski definition) is 8. The number of nitrogens with zero attached hydrogens (tertiary/aromatic N) is 1. The molecule has 0 amide bonds. The average Bonchev–Trinajstić information content (AvgIpc) is 2.95. The van der Waals surface area contributed by atoms with Gasteiger partial charge >= 0.3 is 5.97 Å². The smallest absolute Gasteiger partial charge is 0.349 e. The van der Waals surface area contributed by atoms with Gasteiger partial charge in [0.1, 0.15) is 28.9 Å². The number of aryl methyl sites for hydroxylation is 1. The summed E-state index contributed by atoms with van der Waals surface area (Å²) in [6.07, 6.45) is 1.79. The number of hydrogen-bond donors (Lipinski definition) is 1. The van der Waals surface area contributed by atoms with Crippen molar-refractivity contribution < 1.29 is 28.5 Å². The summed E-state index contributed by atoms with van der Waals surface area (Å²) in [5.74, 6) is 1.39. The fourth-order valence-corrected chi connectivity index (χ4v) is 4.27. The molecule has 3 aromatic rings. The van der Waals surface area contributed by atoms with Crippen molar-refractivity contribution in [2.75, 3.05) is 19.8 Å². The summed E-state index contributed by atoms with van der Waals surface area (Å²) in [6.45, 7) is 6.77. The molecule has 0 fully saturated rings. The van der Waals surface area contributed by atoms with Crippen LogP contribution in [-0.2, 0) is 11.2 Å². The van der Waals surface area contributed by atoms with Crippen LogP contribution in [0, 0.1) is 11.3 Å². The van der Waals surface area contributed by atoms with E-state index < -0.39 is 11.9 Å². The number of carbonyl (C=O) groups excluding carboxylic acids is 1. The number of fused-ring (bicyclic) bond motifs is 1. The standard InChI is InChI=1S/C31H32N2O6/c1-4-15-36-26-14-9-21(16-28(26)35-6-3)30-24-13-12-23(17-27(24)39-31(33)25(30)18-32)38-29(34)19-37-22-10-7-20(5-2)8-11-22/h7-14,16-17,30H,4-6,15,19,33H2,1-3H3. The topological polar surface area (TPSA) is 113 Å². The summed E-state index contributed by atoms with van der Waals surface area (Å²) < 4.78 is 28.4. The first-order chi connectivity index (χ1) is 19.0. The Labute approximate surface area is 228 Å². The Morgan fingerprint density at radius 2 is 1.72 bits per heavy atom. The van der Waals surface area contributed by atoms with E-state index >= 15 is 0 Å². The van der Waals surface area contributed by atoms with Gasteiger partial charge in [0.25, 0.3) is 0 Å². The number of benzene rings is 3. The minimum atomic E-state index is -0.563. The third kappa shape index (κ3) is 6.44. The minimum absolute atomic E-state index is 0.0124. The molecule has 1 aliphatic heterocycles. The number of nitrogens with two attached hydrogens (primary N) is 1. The van der Waals surface area contributed by atoms with E-state index in [1.807, 2.05) is 56.3 Å². The molecular weight excluding hydrogens is 496 g/mol. The molecule has 1 heterocycles. The van der Waals surface area contributed by atoms with Crippen molar-refractivity contribution in [3.05, 3.63) is 88.8 Å². The Hall–Kier alpha value is -4.64. The molecule has 0 spiro atoms. The van der Waals surface area contributed by atoms with Crippen molar-refractivity contribution in [1.29, 1.82) is 5.26 Å². The minimum Gasteiger partial charge on any atom is -0.490 e. The van der Waals surface area contributed by atoms with Crippen molar-refractivity contribution in [3.63, 3.8) is 0 Å². The van der Waals surface area contributed by atoms with Gasteiger partial charge in [0.15, 0.2) is 18.1 Å². The monoisotopic (exact) mass is 528 g/mol. The summed E-state index contributed by atoms with van der Waals surface area (Å²) in [7, 11) is 0. The molecule has 0 saturated heterocycles. The highest BCUT2D eigenvalue weighted by Gasteiger charge is 2.32. The second-order valence-electron chi connectivity index (χ2n) is 8.87. The third-order valence-electron chi connectivity index (χ3n) is 6.17. The van der Waals surface area contributed by atoms with Crippen LogP contribution in [0.25, 0.3) is 0 Å². The summed E-state index contributed by atoms with van der Waals surface area (Å²) >= 11 is 0. The van der Waals surface area contributed by atoms with Crippen LogP contribution in [0.15, 0.2) is 72.1 Å². The first-order valence-electron chi connectivity index (χ1n) is 13.0. The molecule has 8 nitrogen and oxygen atoms in total. The lowest BCUT2D eigenvalue weighted by molar-refractivity contribution is -0.136. The fraction of sp³-hybridized carbons (Fsp3) is 0.290. The second-order valence-corrected chi connectivity index (χ2v) is 8.87. The average molecular weight is 529 g/mol. The maximum atomic E-state index is 12.4. The number of allylic oxidation sites excluding steroid dienone is 1. The quantitative estimate of drug-likeness (QED) is 0.251. The second kappa shape index (κ2) is 12.7. The molecule has 39 heavy (non-hydrogen) atoms. The van der Waals surface area contributed by atoms with Gasteiger partial charge in [-0.25, -0.2) is 4.79 Å². The SMILES string of the molecule is CCCOc1ccc(C2C(C#N)=C(N)Oc3cc(OC(=O)COc4ccc(CC)cc4)ccc32)cc1OCC. The first-order valence-corrected chi connectivity index (χ1v) is 13.0. The van der Waals surface area contributed by atoms with E-state index in [1.165, 1.54) is 5.56 Å². The lowest BCUT2D eigenvalue weighted by atomic mass is 9.83. The van der Waals surface area contributed by atoms with Crippen LogP contribution in [0.5, 0.6) is 28.7 Å².